The molecule has 3 fully saturated rings. The van der Waals surface area contributed by atoms with Crippen LogP contribution in [0, 0.1) is 0 Å². The first-order chi connectivity index (χ1) is 10.8. The normalized spacial score (nSPS) is 28.7. The summed E-state index contributed by atoms with van der Waals surface area (Å²) in [6, 6.07) is 0. The lowest BCUT2D eigenvalue weighted by atomic mass is 10.1. The molecule has 3 saturated heterocycles. The zero-order valence-electron chi connectivity index (χ0n) is 13.5. The van der Waals surface area contributed by atoms with E-state index in [4.69, 9.17) is 9.47 Å². The number of morpholine rings is 1. The minimum atomic E-state index is 0.274. The van der Waals surface area contributed by atoms with Crippen LogP contribution in [0.3, 0.4) is 0 Å². The zero-order valence-corrected chi connectivity index (χ0v) is 13.5. The first kappa shape index (κ1) is 16.2. The van der Waals surface area contributed by atoms with Gasteiger partial charge >= 0.3 is 0 Å². The fraction of sp³-hybridized carbons (Fsp3) is 0.938. The Labute approximate surface area is 133 Å². The van der Waals surface area contributed by atoms with Gasteiger partial charge in [-0.2, -0.15) is 0 Å². The summed E-state index contributed by atoms with van der Waals surface area (Å²) in [6.07, 6.45) is 4.10. The van der Waals surface area contributed by atoms with E-state index in [1.807, 2.05) is 4.90 Å². The number of hydrogen-bond acceptors (Lipinski definition) is 5. The second kappa shape index (κ2) is 8.24. The van der Waals surface area contributed by atoms with Gasteiger partial charge in [-0.05, 0) is 19.3 Å². The van der Waals surface area contributed by atoms with Crippen molar-refractivity contribution in [3.8, 4) is 0 Å². The second-order valence-corrected chi connectivity index (χ2v) is 6.56. The van der Waals surface area contributed by atoms with Crippen molar-refractivity contribution in [2.75, 3.05) is 72.2 Å². The maximum atomic E-state index is 12.4. The number of carbonyl (C=O) groups excluding carboxylic acids is 1. The molecule has 0 bridgehead atoms. The average Bonchev–Trinajstić information content (AvgIpc) is 2.57. The summed E-state index contributed by atoms with van der Waals surface area (Å²) in [5.41, 5.74) is 0. The molecule has 6 nitrogen and oxygen atoms in total. The van der Waals surface area contributed by atoms with Gasteiger partial charge in [-0.25, -0.2) is 0 Å². The summed E-state index contributed by atoms with van der Waals surface area (Å²) in [6.45, 7) is 9.44. The topological polar surface area (TPSA) is 45.2 Å². The van der Waals surface area contributed by atoms with Crippen LogP contribution in [0.5, 0.6) is 0 Å². The van der Waals surface area contributed by atoms with Crippen molar-refractivity contribution in [3.05, 3.63) is 0 Å². The van der Waals surface area contributed by atoms with Gasteiger partial charge in [0.2, 0.25) is 5.91 Å². The third kappa shape index (κ3) is 4.65. The molecule has 1 amide bonds. The Bertz CT molecular complexity index is 347. The molecule has 1 atom stereocenters. The molecule has 0 aliphatic carbocycles. The molecule has 0 aromatic rings. The molecule has 3 aliphatic heterocycles. The van der Waals surface area contributed by atoms with Crippen molar-refractivity contribution in [2.24, 2.45) is 0 Å². The van der Waals surface area contributed by atoms with Crippen molar-refractivity contribution in [3.63, 3.8) is 0 Å². The third-order valence-corrected chi connectivity index (χ3v) is 4.92. The lowest BCUT2D eigenvalue weighted by Gasteiger charge is -2.38. The van der Waals surface area contributed by atoms with E-state index in [1.165, 1.54) is 19.3 Å². The molecule has 126 valence electrons. The summed E-state index contributed by atoms with van der Waals surface area (Å²) in [5.74, 6) is 0.274. The minimum Gasteiger partial charge on any atom is -0.379 e. The maximum Gasteiger partial charge on any atom is 0.236 e. The molecule has 0 saturated carbocycles. The molecule has 0 aromatic heterocycles. The highest BCUT2D eigenvalue weighted by atomic mass is 16.5. The number of amides is 1. The minimum absolute atomic E-state index is 0.274. The molecule has 3 heterocycles. The van der Waals surface area contributed by atoms with E-state index < -0.39 is 0 Å². The van der Waals surface area contributed by atoms with Crippen LogP contribution in [0.25, 0.3) is 0 Å². The molecule has 3 aliphatic rings. The molecule has 6 heteroatoms. The van der Waals surface area contributed by atoms with Gasteiger partial charge in [-0.15, -0.1) is 0 Å². The van der Waals surface area contributed by atoms with Gasteiger partial charge in [-0.1, -0.05) is 0 Å². The highest BCUT2D eigenvalue weighted by Gasteiger charge is 2.25. The molecule has 3 rings (SSSR count). The summed E-state index contributed by atoms with van der Waals surface area (Å²) in [4.78, 5) is 19.0. The van der Waals surface area contributed by atoms with Crippen molar-refractivity contribution in [2.45, 2.75) is 25.4 Å². The number of carbonyl (C=O) groups is 1. The largest absolute Gasteiger partial charge is 0.379 e. The van der Waals surface area contributed by atoms with E-state index in [0.717, 1.165) is 65.6 Å². The molecular weight excluding hydrogens is 282 g/mol. The number of nitrogens with zero attached hydrogens (tertiary/aromatic N) is 3. The fourth-order valence-electron chi connectivity index (χ4n) is 3.47. The van der Waals surface area contributed by atoms with Crippen molar-refractivity contribution >= 4 is 5.91 Å². The first-order valence-electron chi connectivity index (χ1n) is 8.73. The standard InChI is InChI=1S/C16H29N3O3/c20-16(14-18-8-11-21-12-9-18)19-6-4-17(5-7-19)13-15-3-1-2-10-22-15/h15H,1-14H2. The van der Waals surface area contributed by atoms with Gasteiger partial charge in [0.05, 0.1) is 25.9 Å². The Morgan fingerprint density at radius 2 is 1.68 bits per heavy atom. The van der Waals surface area contributed by atoms with E-state index in [-0.39, 0.29) is 5.91 Å². The van der Waals surface area contributed by atoms with Crippen LogP contribution in [0.4, 0.5) is 0 Å². The Morgan fingerprint density at radius 3 is 2.36 bits per heavy atom. The monoisotopic (exact) mass is 311 g/mol. The highest BCUT2D eigenvalue weighted by molar-refractivity contribution is 5.78. The van der Waals surface area contributed by atoms with Crippen LogP contribution in [-0.4, -0.2) is 98.9 Å². The highest BCUT2D eigenvalue weighted by Crippen LogP contribution is 2.15. The second-order valence-electron chi connectivity index (χ2n) is 6.56. The van der Waals surface area contributed by atoms with Gasteiger partial charge in [-0.3, -0.25) is 14.6 Å². The summed E-state index contributed by atoms with van der Waals surface area (Å²) >= 11 is 0. The average molecular weight is 311 g/mol. The number of piperazine rings is 1. The van der Waals surface area contributed by atoms with Gasteiger partial charge in [0, 0.05) is 52.4 Å². The lowest BCUT2D eigenvalue weighted by Crippen LogP contribution is -2.53. The lowest BCUT2D eigenvalue weighted by molar-refractivity contribution is -0.135. The Hall–Kier alpha value is -0.690. The Kier molecular flexibility index (Phi) is 6.06. The molecule has 0 N–H and O–H groups in total. The maximum absolute atomic E-state index is 12.4. The Morgan fingerprint density at radius 1 is 0.909 bits per heavy atom. The fourth-order valence-corrected chi connectivity index (χ4v) is 3.47. The molecule has 0 spiro atoms. The molecule has 0 aromatic carbocycles. The predicted octanol–water partition coefficient (Wildman–Crippen LogP) is 0.0319. The quantitative estimate of drug-likeness (QED) is 0.733. The molecule has 1 unspecified atom stereocenters. The van der Waals surface area contributed by atoms with Gasteiger partial charge in [0.1, 0.15) is 0 Å². The predicted molar refractivity (Wildman–Crippen MR) is 83.9 cm³/mol. The number of hydrogen-bond donors (Lipinski definition) is 0. The van der Waals surface area contributed by atoms with Crippen molar-refractivity contribution in [1.82, 2.24) is 14.7 Å². The van der Waals surface area contributed by atoms with Crippen LogP contribution in [0.15, 0.2) is 0 Å². The van der Waals surface area contributed by atoms with Crippen LogP contribution >= 0.6 is 0 Å². The van der Waals surface area contributed by atoms with Crippen LogP contribution < -0.4 is 0 Å². The molecule has 0 radical (unpaired) electrons. The van der Waals surface area contributed by atoms with Crippen molar-refractivity contribution < 1.29 is 14.3 Å². The third-order valence-electron chi connectivity index (χ3n) is 4.92. The summed E-state index contributed by atoms with van der Waals surface area (Å²) in [5, 5.41) is 0. The van der Waals surface area contributed by atoms with Gasteiger partial charge in [0.25, 0.3) is 0 Å². The van der Waals surface area contributed by atoms with E-state index in [1.54, 1.807) is 0 Å². The molecular formula is C16H29N3O3. The molecule has 22 heavy (non-hydrogen) atoms. The van der Waals surface area contributed by atoms with Crippen molar-refractivity contribution in [1.29, 1.82) is 0 Å². The van der Waals surface area contributed by atoms with E-state index in [2.05, 4.69) is 9.80 Å². The summed E-state index contributed by atoms with van der Waals surface area (Å²) < 4.78 is 11.1. The van der Waals surface area contributed by atoms with E-state index >= 15 is 0 Å². The SMILES string of the molecule is O=C(CN1CCOCC1)N1CCN(CC2CCCCO2)CC1. The zero-order chi connectivity index (χ0) is 15.2. The van der Waals surface area contributed by atoms with Gasteiger partial charge < -0.3 is 14.4 Å². The van der Waals surface area contributed by atoms with Crippen LogP contribution in [0.2, 0.25) is 0 Å². The van der Waals surface area contributed by atoms with E-state index in [0.29, 0.717) is 12.6 Å². The van der Waals surface area contributed by atoms with Crippen LogP contribution in [-0.2, 0) is 14.3 Å². The Balaban J connectivity index is 1.36. The van der Waals surface area contributed by atoms with Crippen LogP contribution in [0.1, 0.15) is 19.3 Å². The first-order valence-corrected chi connectivity index (χ1v) is 8.73. The van der Waals surface area contributed by atoms with Gasteiger partial charge in [0.15, 0.2) is 0 Å². The number of rotatable bonds is 4. The number of ether oxygens (including phenoxy) is 2. The van der Waals surface area contributed by atoms with E-state index in [9.17, 15) is 4.79 Å². The summed E-state index contributed by atoms with van der Waals surface area (Å²) in [7, 11) is 0. The smallest absolute Gasteiger partial charge is 0.236 e.